The van der Waals surface area contributed by atoms with Crippen LogP contribution in [0.1, 0.15) is 51.4 Å². The van der Waals surface area contributed by atoms with E-state index < -0.39 is 0 Å². The number of fused-ring (bicyclic) bond motifs is 1. The fourth-order valence-electron chi connectivity index (χ4n) is 4.99. The molecular weight excluding hydrogens is 396 g/mol. The molecule has 0 amide bonds. The van der Waals surface area contributed by atoms with Crippen molar-refractivity contribution in [3.8, 4) is 11.9 Å². The van der Waals surface area contributed by atoms with Crippen molar-refractivity contribution in [3.05, 3.63) is 82.3 Å². The lowest BCUT2D eigenvalue weighted by molar-refractivity contribution is 0.193. The third-order valence-corrected chi connectivity index (χ3v) is 6.83. The van der Waals surface area contributed by atoms with E-state index >= 15 is 0 Å². The van der Waals surface area contributed by atoms with Crippen LogP contribution < -0.4 is 5.32 Å². The predicted octanol–water partition coefficient (Wildman–Crippen LogP) is 3.86. The van der Waals surface area contributed by atoms with Crippen molar-refractivity contribution in [1.29, 1.82) is 5.26 Å². The van der Waals surface area contributed by atoms with Gasteiger partial charge >= 0.3 is 0 Å². The van der Waals surface area contributed by atoms with E-state index in [9.17, 15) is 0 Å². The number of aromatic nitrogens is 3. The molecule has 1 atom stereocenters. The number of nitrogens with zero attached hydrogens (tertiary/aromatic N) is 5. The highest BCUT2D eigenvalue weighted by Gasteiger charge is 2.25. The zero-order valence-corrected chi connectivity index (χ0v) is 18.7. The van der Waals surface area contributed by atoms with Gasteiger partial charge in [0.05, 0.1) is 11.8 Å². The number of nitriles is 1. The maximum Gasteiger partial charge on any atom is 0.153 e. The Balaban J connectivity index is 1.30. The van der Waals surface area contributed by atoms with E-state index in [0.717, 1.165) is 56.0 Å². The number of pyridine rings is 1. The number of nitrogens with one attached hydrogen (secondary N) is 1. The standard InChI is InChI=1S/C26H28N6/c1-17-4-5-23-19(3)24(7-6-22(17)23)25-16-31(9-8-28-25)14-20-12-30-32(15-20)26-10-18(2)21(11-27)13-29-26/h6-7,10,12-13,15,25,28H,1,4-5,8-9,14,16H2,2-3H3. The van der Waals surface area contributed by atoms with Gasteiger partial charge in [0.1, 0.15) is 6.07 Å². The largest absolute Gasteiger partial charge is 0.308 e. The zero-order chi connectivity index (χ0) is 22.2. The Bertz CT molecular complexity index is 1230. The first-order valence-electron chi connectivity index (χ1n) is 11.2. The Morgan fingerprint density at radius 2 is 2.12 bits per heavy atom. The molecule has 1 saturated heterocycles. The lowest BCUT2D eigenvalue weighted by atomic mass is 9.92. The topological polar surface area (TPSA) is 69.8 Å². The molecule has 5 rings (SSSR count). The van der Waals surface area contributed by atoms with Crippen LogP contribution in [-0.2, 0) is 13.0 Å². The van der Waals surface area contributed by atoms with Gasteiger partial charge in [-0.3, -0.25) is 4.90 Å². The Morgan fingerprint density at radius 3 is 2.94 bits per heavy atom. The number of allylic oxidation sites excluding steroid dienone is 1. The smallest absolute Gasteiger partial charge is 0.153 e. The Morgan fingerprint density at radius 1 is 1.25 bits per heavy atom. The first-order valence-corrected chi connectivity index (χ1v) is 11.2. The van der Waals surface area contributed by atoms with E-state index in [1.165, 1.54) is 27.8 Å². The molecule has 0 bridgehead atoms. The SMILES string of the molecule is C=C1CCc2c1ccc(C1CN(Cc3cnn(-c4cc(C)c(C#N)cn4)c3)CCN1)c2C. The molecule has 6 nitrogen and oxygen atoms in total. The van der Waals surface area contributed by atoms with Crippen LogP contribution in [0.4, 0.5) is 0 Å². The summed E-state index contributed by atoms with van der Waals surface area (Å²) in [5, 5.41) is 17.3. The molecule has 162 valence electrons. The zero-order valence-electron chi connectivity index (χ0n) is 18.7. The highest BCUT2D eigenvalue weighted by molar-refractivity contribution is 5.72. The Labute approximate surface area is 189 Å². The fraction of sp³-hybridized carbons (Fsp3) is 0.346. The third-order valence-electron chi connectivity index (χ3n) is 6.83. The second kappa shape index (κ2) is 8.34. The van der Waals surface area contributed by atoms with Crippen LogP contribution >= 0.6 is 0 Å². The second-order valence-electron chi connectivity index (χ2n) is 8.91. The van der Waals surface area contributed by atoms with Crippen molar-refractivity contribution in [2.24, 2.45) is 0 Å². The monoisotopic (exact) mass is 424 g/mol. The highest BCUT2D eigenvalue weighted by atomic mass is 15.3. The summed E-state index contributed by atoms with van der Waals surface area (Å²) in [6.07, 6.45) is 7.77. The summed E-state index contributed by atoms with van der Waals surface area (Å²) < 4.78 is 1.79. The molecule has 0 saturated carbocycles. The summed E-state index contributed by atoms with van der Waals surface area (Å²) in [4.78, 5) is 6.88. The molecule has 3 heterocycles. The van der Waals surface area contributed by atoms with Crippen LogP contribution in [0.5, 0.6) is 0 Å². The lowest BCUT2D eigenvalue weighted by Gasteiger charge is -2.34. The van der Waals surface area contributed by atoms with Crippen LogP contribution in [0, 0.1) is 25.2 Å². The van der Waals surface area contributed by atoms with Gasteiger partial charge in [0.15, 0.2) is 5.82 Å². The van der Waals surface area contributed by atoms with E-state index in [1.807, 2.05) is 25.4 Å². The van der Waals surface area contributed by atoms with Crippen molar-refractivity contribution < 1.29 is 0 Å². The maximum atomic E-state index is 9.12. The molecule has 2 aromatic heterocycles. The molecule has 1 fully saturated rings. The van der Waals surface area contributed by atoms with Crippen molar-refractivity contribution in [1.82, 2.24) is 25.0 Å². The van der Waals surface area contributed by atoms with Crippen molar-refractivity contribution in [3.63, 3.8) is 0 Å². The van der Waals surface area contributed by atoms with Crippen LogP contribution in [0.15, 0.2) is 43.4 Å². The normalized spacial score (nSPS) is 18.5. The van der Waals surface area contributed by atoms with Gasteiger partial charge in [-0.25, -0.2) is 9.67 Å². The van der Waals surface area contributed by atoms with E-state index in [2.05, 4.69) is 52.0 Å². The van der Waals surface area contributed by atoms with Gasteiger partial charge in [0.25, 0.3) is 0 Å². The molecule has 1 N–H and O–H groups in total. The fourth-order valence-corrected chi connectivity index (χ4v) is 4.99. The first kappa shape index (κ1) is 20.6. The summed E-state index contributed by atoms with van der Waals surface area (Å²) >= 11 is 0. The van der Waals surface area contributed by atoms with E-state index in [0.29, 0.717) is 11.6 Å². The van der Waals surface area contributed by atoms with Gasteiger partial charge in [-0.1, -0.05) is 18.7 Å². The molecule has 2 aliphatic rings. The molecule has 1 aliphatic heterocycles. The van der Waals surface area contributed by atoms with Gasteiger partial charge in [-0.15, -0.1) is 0 Å². The van der Waals surface area contributed by atoms with Crippen molar-refractivity contribution in [2.45, 2.75) is 39.3 Å². The summed E-state index contributed by atoms with van der Waals surface area (Å²) in [6, 6.07) is 8.96. The van der Waals surface area contributed by atoms with Crippen LogP contribution in [0.25, 0.3) is 11.4 Å². The average molecular weight is 425 g/mol. The molecular formula is C26H28N6. The van der Waals surface area contributed by atoms with E-state index in [-0.39, 0.29) is 0 Å². The van der Waals surface area contributed by atoms with Crippen LogP contribution in [0.2, 0.25) is 0 Å². The molecule has 0 radical (unpaired) electrons. The van der Waals surface area contributed by atoms with Crippen molar-refractivity contribution >= 4 is 5.57 Å². The minimum absolute atomic E-state index is 0.334. The molecule has 1 unspecified atom stereocenters. The summed E-state index contributed by atoms with van der Waals surface area (Å²) in [6.45, 7) is 12.2. The molecule has 1 aliphatic carbocycles. The second-order valence-corrected chi connectivity index (χ2v) is 8.91. The molecule has 0 spiro atoms. The lowest BCUT2D eigenvalue weighted by Crippen LogP contribution is -2.45. The minimum atomic E-state index is 0.334. The quantitative estimate of drug-likeness (QED) is 0.689. The molecule has 32 heavy (non-hydrogen) atoms. The number of hydrogen-bond donors (Lipinski definition) is 1. The highest BCUT2D eigenvalue weighted by Crippen LogP contribution is 2.36. The summed E-state index contributed by atoms with van der Waals surface area (Å²) in [7, 11) is 0. The van der Waals surface area contributed by atoms with E-state index in [1.54, 1.807) is 10.9 Å². The van der Waals surface area contributed by atoms with Gasteiger partial charge < -0.3 is 5.32 Å². The predicted molar refractivity (Wildman–Crippen MR) is 125 cm³/mol. The van der Waals surface area contributed by atoms with Gasteiger partial charge in [-0.05, 0) is 66.1 Å². The first-order chi connectivity index (χ1) is 15.5. The van der Waals surface area contributed by atoms with Gasteiger partial charge in [0.2, 0.25) is 0 Å². The number of hydrogen-bond acceptors (Lipinski definition) is 5. The maximum absolute atomic E-state index is 9.12. The molecule has 1 aromatic carbocycles. The number of piperazine rings is 1. The average Bonchev–Trinajstić information content (AvgIpc) is 3.41. The van der Waals surface area contributed by atoms with Gasteiger partial charge in [-0.2, -0.15) is 10.4 Å². The molecule has 6 heteroatoms. The van der Waals surface area contributed by atoms with Crippen LogP contribution in [0.3, 0.4) is 0 Å². The number of rotatable bonds is 4. The molecule has 3 aromatic rings. The minimum Gasteiger partial charge on any atom is -0.308 e. The number of benzene rings is 1. The van der Waals surface area contributed by atoms with E-state index in [4.69, 9.17) is 5.26 Å². The summed E-state index contributed by atoms with van der Waals surface area (Å²) in [5.41, 5.74) is 9.63. The van der Waals surface area contributed by atoms with Crippen LogP contribution in [-0.4, -0.2) is 39.3 Å². The van der Waals surface area contributed by atoms with Gasteiger partial charge in [0, 0.05) is 50.2 Å². The van der Waals surface area contributed by atoms with Crippen molar-refractivity contribution in [2.75, 3.05) is 19.6 Å². The summed E-state index contributed by atoms with van der Waals surface area (Å²) in [5.74, 6) is 0.737. The Kier molecular flexibility index (Phi) is 5.38. The Hall–Kier alpha value is -3.27. The number of aryl methyl sites for hydroxylation is 1. The third kappa shape index (κ3) is 3.75.